The van der Waals surface area contributed by atoms with Gasteiger partial charge < -0.3 is 0 Å². The fraction of sp³-hybridized carbons (Fsp3) is 0. The summed E-state index contributed by atoms with van der Waals surface area (Å²) in [6.07, 6.45) is 5.48. The zero-order valence-electron chi connectivity index (χ0n) is 12.3. The van der Waals surface area contributed by atoms with Gasteiger partial charge in [-0.25, -0.2) is 22.9 Å². The molecule has 0 bridgehead atoms. The van der Waals surface area contributed by atoms with Crippen LogP contribution in [0.25, 0.3) is 17.1 Å². The number of carbonyl (C=O) groups excluding carboxylic acids is 1. The van der Waals surface area contributed by atoms with E-state index in [1.165, 1.54) is 36.1 Å². The highest BCUT2D eigenvalue weighted by molar-refractivity contribution is 7.90. The molecule has 2 N–H and O–H groups in total. The monoisotopic (exact) mass is 343 g/mol. The summed E-state index contributed by atoms with van der Waals surface area (Å²) < 4.78 is 26.5. The van der Waals surface area contributed by atoms with Crippen molar-refractivity contribution in [2.45, 2.75) is 4.90 Å². The first-order chi connectivity index (χ1) is 11.5. The maximum absolute atomic E-state index is 12.7. The van der Waals surface area contributed by atoms with Crippen LogP contribution >= 0.6 is 0 Å². The van der Waals surface area contributed by atoms with Crippen molar-refractivity contribution in [1.82, 2.24) is 14.4 Å². The molecule has 3 rings (SSSR count). The number of nitrogens with one attached hydrogen (secondary N) is 1. The van der Waals surface area contributed by atoms with Crippen LogP contribution in [0.15, 0.2) is 65.8 Å². The van der Waals surface area contributed by atoms with Gasteiger partial charge in [0.05, 0.1) is 4.90 Å². The molecule has 0 aliphatic rings. The molecule has 0 saturated heterocycles. The molecule has 0 unspecified atom stereocenters. The van der Waals surface area contributed by atoms with Crippen LogP contribution in [0.4, 0.5) is 0 Å². The number of benzene rings is 1. The quantitative estimate of drug-likeness (QED) is 0.427. The van der Waals surface area contributed by atoms with E-state index in [0.29, 0.717) is 16.6 Å². The number of pyridine rings is 1. The van der Waals surface area contributed by atoms with Crippen molar-refractivity contribution in [3.8, 4) is 0 Å². The van der Waals surface area contributed by atoms with Crippen molar-refractivity contribution in [1.29, 1.82) is 0 Å². The van der Waals surface area contributed by atoms with Gasteiger partial charge in [0.1, 0.15) is 0 Å². The fourth-order valence-corrected chi connectivity index (χ4v) is 3.55. The zero-order chi connectivity index (χ0) is 17.2. The smallest absolute Gasteiger partial charge is 0.269 e. The largest absolute Gasteiger partial charge is 0.288 e. The van der Waals surface area contributed by atoms with Crippen LogP contribution in [0.3, 0.4) is 0 Å². The number of carbonyl (C=O) groups is 1. The highest BCUT2D eigenvalue weighted by Crippen LogP contribution is 2.21. The molecular weight excluding hydrogens is 330 g/mol. The van der Waals surface area contributed by atoms with E-state index in [-0.39, 0.29) is 4.90 Å². The summed E-state index contributed by atoms with van der Waals surface area (Å²) >= 11 is 0. The standard InChI is InChI=1S/C16H13N3O4S/c20-15(18-21)7-6-12-10-13-8-9-19(16(13)17-11-12)24(22,23)14-4-2-1-3-5-14/h1-11,21H,(H,18,20)/b7-6+. The molecule has 0 aliphatic heterocycles. The Hall–Kier alpha value is -2.97. The molecule has 1 aromatic carbocycles. The Balaban J connectivity index is 2.03. The minimum absolute atomic E-state index is 0.174. The van der Waals surface area contributed by atoms with Crippen molar-refractivity contribution in [3.63, 3.8) is 0 Å². The summed E-state index contributed by atoms with van der Waals surface area (Å²) in [5.41, 5.74) is 2.38. The summed E-state index contributed by atoms with van der Waals surface area (Å²) in [7, 11) is -3.73. The van der Waals surface area contributed by atoms with Crippen LogP contribution in [0, 0.1) is 0 Å². The third-order valence-electron chi connectivity index (χ3n) is 3.35. The predicted molar refractivity (Wildman–Crippen MR) is 87.7 cm³/mol. The number of hydroxylamine groups is 1. The van der Waals surface area contributed by atoms with Crippen molar-refractivity contribution in [3.05, 3.63) is 66.5 Å². The Morgan fingerprint density at radius 1 is 1.21 bits per heavy atom. The maximum Gasteiger partial charge on any atom is 0.269 e. The first-order valence-corrected chi connectivity index (χ1v) is 8.36. The normalized spacial score (nSPS) is 11.9. The molecule has 24 heavy (non-hydrogen) atoms. The van der Waals surface area contributed by atoms with Gasteiger partial charge in [0.15, 0.2) is 5.65 Å². The SMILES string of the molecule is O=C(/C=C/c1cnc2c(ccn2S(=O)(=O)c2ccccc2)c1)NO. The van der Waals surface area contributed by atoms with Gasteiger partial charge in [0.2, 0.25) is 0 Å². The van der Waals surface area contributed by atoms with E-state index in [9.17, 15) is 13.2 Å². The lowest BCUT2D eigenvalue weighted by molar-refractivity contribution is -0.124. The highest BCUT2D eigenvalue weighted by Gasteiger charge is 2.19. The Morgan fingerprint density at radius 3 is 2.67 bits per heavy atom. The maximum atomic E-state index is 12.7. The lowest BCUT2D eigenvalue weighted by atomic mass is 10.2. The number of hydrogen-bond donors (Lipinski definition) is 2. The van der Waals surface area contributed by atoms with Gasteiger partial charge in [-0.2, -0.15) is 0 Å². The van der Waals surface area contributed by atoms with Gasteiger partial charge in [0, 0.05) is 23.9 Å². The third kappa shape index (κ3) is 2.92. The summed E-state index contributed by atoms with van der Waals surface area (Å²) in [4.78, 5) is 15.3. The summed E-state index contributed by atoms with van der Waals surface area (Å²) in [6, 6.07) is 11.4. The lowest BCUT2D eigenvalue weighted by Gasteiger charge is -2.06. The topological polar surface area (TPSA) is 101 Å². The Bertz CT molecular complexity index is 1020. The third-order valence-corrected chi connectivity index (χ3v) is 5.03. The number of hydrogen-bond acceptors (Lipinski definition) is 5. The molecule has 0 spiro atoms. The van der Waals surface area contributed by atoms with Crippen LogP contribution in [0.5, 0.6) is 0 Å². The molecule has 2 aromatic heterocycles. The lowest BCUT2D eigenvalue weighted by Crippen LogP contribution is -2.14. The van der Waals surface area contributed by atoms with Gasteiger partial charge in [0.25, 0.3) is 15.9 Å². The van der Waals surface area contributed by atoms with E-state index < -0.39 is 15.9 Å². The minimum atomic E-state index is -3.73. The number of fused-ring (bicyclic) bond motifs is 1. The fourth-order valence-electron chi connectivity index (χ4n) is 2.22. The van der Waals surface area contributed by atoms with Crippen LogP contribution in [-0.2, 0) is 14.8 Å². The Labute approximate surface area is 137 Å². The summed E-state index contributed by atoms with van der Waals surface area (Å²) in [5, 5.41) is 9.06. The Kier molecular flexibility index (Phi) is 4.15. The van der Waals surface area contributed by atoms with Gasteiger partial charge in [-0.05, 0) is 35.9 Å². The molecule has 0 atom stereocenters. The molecule has 122 valence electrons. The first kappa shape index (κ1) is 15.9. The number of aromatic nitrogens is 2. The molecule has 7 nitrogen and oxygen atoms in total. The molecule has 8 heteroatoms. The number of rotatable bonds is 4. The van der Waals surface area contributed by atoms with Crippen molar-refractivity contribution in [2.75, 3.05) is 0 Å². The minimum Gasteiger partial charge on any atom is -0.288 e. The second kappa shape index (κ2) is 6.26. The van der Waals surface area contributed by atoms with Gasteiger partial charge in [-0.15, -0.1) is 0 Å². The summed E-state index contributed by atoms with van der Waals surface area (Å²) in [5.74, 6) is -0.667. The molecule has 1 amide bonds. The summed E-state index contributed by atoms with van der Waals surface area (Å²) in [6.45, 7) is 0. The molecule has 3 aromatic rings. The van der Waals surface area contributed by atoms with Crippen LogP contribution in [0.2, 0.25) is 0 Å². The second-order valence-electron chi connectivity index (χ2n) is 4.92. The van der Waals surface area contributed by atoms with E-state index in [1.807, 2.05) is 0 Å². The van der Waals surface area contributed by atoms with Crippen molar-refractivity contribution in [2.24, 2.45) is 0 Å². The van der Waals surface area contributed by atoms with Gasteiger partial charge in [-0.3, -0.25) is 10.0 Å². The van der Waals surface area contributed by atoms with Crippen molar-refractivity contribution < 1.29 is 18.4 Å². The second-order valence-corrected chi connectivity index (χ2v) is 6.74. The molecule has 2 heterocycles. The van der Waals surface area contributed by atoms with Crippen LogP contribution < -0.4 is 5.48 Å². The average molecular weight is 343 g/mol. The molecular formula is C16H13N3O4S. The number of nitrogens with zero attached hydrogens (tertiary/aromatic N) is 2. The molecule has 0 aliphatic carbocycles. The average Bonchev–Trinajstić information content (AvgIpc) is 3.04. The van der Waals surface area contributed by atoms with Gasteiger partial charge >= 0.3 is 0 Å². The van der Waals surface area contributed by atoms with E-state index in [4.69, 9.17) is 5.21 Å². The molecule has 0 radical (unpaired) electrons. The van der Waals surface area contributed by atoms with E-state index in [1.54, 1.807) is 30.3 Å². The van der Waals surface area contributed by atoms with Crippen LogP contribution in [0.1, 0.15) is 5.56 Å². The first-order valence-electron chi connectivity index (χ1n) is 6.92. The Morgan fingerprint density at radius 2 is 1.96 bits per heavy atom. The van der Waals surface area contributed by atoms with Crippen molar-refractivity contribution >= 4 is 33.0 Å². The van der Waals surface area contributed by atoms with E-state index in [2.05, 4.69) is 4.98 Å². The molecule has 0 fully saturated rings. The number of amides is 1. The highest BCUT2D eigenvalue weighted by atomic mass is 32.2. The van der Waals surface area contributed by atoms with Gasteiger partial charge in [-0.1, -0.05) is 18.2 Å². The van der Waals surface area contributed by atoms with Crippen LogP contribution in [-0.4, -0.2) is 28.5 Å². The van der Waals surface area contributed by atoms with E-state index in [0.717, 1.165) is 10.0 Å². The predicted octanol–water partition coefficient (Wildman–Crippen LogP) is 1.79. The van der Waals surface area contributed by atoms with E-state index >= 15 is 0 Å². The molecule has 0 saturated carbocycles. The zero-order valence-corrected chi connectivity index (χ0v) is 13.1.